The van der Waals surface area contributed by atoms with E-state index in [1.165, 1.54) is 5.06 Å². The van der Waals surface area contributed by atoms with E-state index in [2.05, 4.69) is 0 Å². The molecule has 0 aromatic heterocycles. The van der Waals surface area contributed by atoms with Gasteiger partial charge in [-0.1, -0.05) is 0 Å². The fourth-order valence-corrected chi connectivity index (χ4v) is 1.93. The lowest BCUT2D eigenvalue weighted by Gasteiger charge is -2.15. The van der Waals surface area contributed by atoms with Gasteiger partial charge in [0, 0.05) is 13.0 Å². The van der Waals surface area contributed by atoms with Crippen LogP contribution in [0.4, 0.5) is 0 Å². The van der Waals surface area contributed by atoms with Crippen LogP contribution in [0, 0.1) is 0 Å². The summed E-state index contributed by atoms with van der Waals surface area (Å²) in [6, 6.07) is 0. The van der Waals surface area contributed by atoms with Gasteiger partial charge in [-0.05, 0) is 25.7 Å². The van der Waals surface area contributed by atoms with E-state index in [-0.39, 0.29) is 5.91 Å². The molecule has 1 amide bonds. The number of rotatable bonds is 3. The zero-order valence-corrected chi connectivity index (χ0v) is 8.41. The third kappa shape index (κ3) is 2.45. The SMILES string of the molecule is O=C(CCC1CCCO1)N1CCCO1. The Morgan fingerprint density at radius 3 is 2.93 bits per heavy atom. The fraction of sp³-hybridized carbons (Fsp3) is 0.900. The van der Waals surface area contributed by atoms with Crippen LogP contribution in [0.25, 0.3) is 0 Å². The molecular weight excluding hydrogens is 182 g/mol. The molecular formula is C10H17NO3. The number of amides is 1. The fourth-order valence-electron chi connectivity index (χ4n) is 1.93. The highest BCUT2D eigenvalue weighted by Crippen LogP contribution is 2.18. The van der Waals surface area contributed by atoms with E-state index in [0.29, 0.717) is 19.1 Å². The van der Waals surface area contributed by atoms with Crippen LogP contribution in [-0.2, 0) is 14.4 Å². The van der Waals surface area contributed by atoms with Gasteiger partial charge in [-0.15, -0.1) is 0 Å². The van der Waals surface area contributed by atoms with Gasteiger partial charge in [0.1, 0.15) is 0 Å². The Morgan fingerprint density at radius 2 is 2.29 bits per heavy atom. The molecule has 2 aliphatic rings. The first-order chi connectivity index (χ1) is 6.86. The summed E-state index contributed by atoms with van der Waals surface area (Å²) < 4.78 is 5.45. The zero-order valence-electron chi connectivity index (χ0n) is 8.41. The summed E-state index contributed by atoms with van der Waals surface area (Å²) in [5.74, 6) is 0.109. The molecule has 2 rings (SSSR count). The van der Waals surface area contributed by atoms with Gasteiger partial charge >= 0.3 is 0 Å². The lowest BCUT2D eigenvalue weighted by molar-refractivity contribution is -0.169. The van der Waals surface area contributed by atoms with E-state index in [1.807, 2.05) is 0 Å². The van der Waals surface area contributed by atoms with Crippen LogP contribution in [0.3, 0.4) is 0 Å². The molecule has 2 saturated heterocycles. The Hall–Kier alpha value is -0.610. The van der Waals surface area contributed by atoms with E-state index in [0.717, 1.165) is 38.8 Å². The van der Waals surface area contributed by atoms with Crippen molar-refractivity contribution < 1.29 is 14.4 Å². The van der Waals surface area contributed by atoms with Crippen LogP contribution in [-0.4, -0.2) is 36.8 Å². The second-order valence-corrected chi connectivity index (χ2v) is 3.86. The van der Waals surface area contributed by atoms with Gasteiger partial charge in [0.25, 0.3) is 0 Å². The van der Waals surface area contributed by atoms with E-state index in [1.54, 1.807) is 0 Å². The lowest BCUT2D eigenvalue weighted by atomic mass is 10.1. The normalized spacial score (nSPS) is 27.1. The Balaban J connectivity index is 1.66. The number of hydroxylamine groups is 2. The molecule has 0 N–H and O–H groups in total. The molecule has 4 nitrogen and oxygen atoms in total. The highest BCUT2D eigenvalue weighted by Gasteiger charge is 2.22. The van der Waals surface area contributed by atoms with Crippen molar-refractivity contribution in [1.29, 1.82) is 0 Å². The predicted molar refractivity (Wildman–Crippen MR) is 50.5 cm³/mol. The molecule has 0 aliphatic carbocycles. The van der Waals surface area contributed by atoms with Crippen molar-refractivity contribution in [3.63, 3.8) is 0 Å². The van der Waals surface area contributed by atoms with Gasteiger partial charge in [-0.25, -0.2) is 5.06 Å². The van der Waals surface area contributed by atoms with Crippen molar-refractivity contribution in [2.75, 3.05) is 19.8 Å². The first-order valence-corrected chi connectivity index (χ1v) is 5.41. The maximum Gasteiger partial charge on any atom is 0.246 e. The predicted octanol–water partition coefficient (Wildman–Crippen LogP) is 1.11. The van der Waals surface area contributed by atoms with Crippen molar-refractivity contribution in [3.05, 3.63) is 0 Å². The third-order valence-electron chi connectivity index (χ3n) is 2.74. The summed E-state index contributed by atoms with van der Waals surface area (Å²) in [5, 5.41) is 1.49. The van der Waals surface area contributed by atoms with Gasteiger partial charge in [-0.3, -0.25) is 9.63 Å². The van der Waals surface area contributed by atoms with Crippen LogP contribution in [0.15, 0.2) is 0 Å². The number of carbonyl (C=O) groups is 1. The summed E-state index contributed by atoms with van der Waals surface area (Å²) in [4.78, 5) is 16.7. The average Bonchev–Trinajstić information content (AvgIpc) is 2.87. The van der Waals surface area contributed by atoms with Crippen LogP contribution in [0.5, 0.6) is 0 Å². The largest absolute Gasteiger partial charge is 0.378 e. The minimum atomic E-state index is 0.109. The Morgan fingerprint density at radius 1 is 1.36 bits per heavy atom. The molecule has 80 valence electrons. The van der Waals surface area contributed by atoms with E-state index in [4.69, 9.17) is 9.57 Å². The second kappa shape index (κ2) is 4.75. The minimum Gasteiger partial charge on any atom is -0.378 e. The standard InChI is InChI=1S/C10H17NO3/c12-10(11-6-2-8-14-11)5-4-9-3-1-7-13-9/h9H,1-8H2. The molecule has 2 heterocycles. The molecule has 0 saturated carbocycles. The topological polar surface area (TPSA) is 38.8 Å². The summed E-state index contributed by atoms with van der Waals surface area (Å²) >= 11 is 0. The highest BCUT2D eigenvalue weighted by molar-refractivity contribution is 5.75. The number of carbonyl (C=O) groups excluding carboxylic acids is 1. The van der Waals surface area contributed by atoms with Crippen molar-refractivity contribution in [3.8, 4) is 0 Å². The molecule has 1 atom stereocenters. The molecule has 0 aromatic rings. The Bertz CT molecular complexity index is 196. The summed E-state index contributed by atoms with van der Waals surface area (Å²) in [6.07, 6.45) is 4.92. The molecule has 2 aliphatic heterocycles. The zero-order chi connectivity index (χ0) is 9.80. The molecule has 2 fully saturated rings. The quantitative estimate of drug-likeness (QED) is 0.683. The van der Waals surface area contributed by atoms with Crippen LogP contribution in [0.1, 0.15) is 32.1 Å². The molecule has 1 unspecified atom stereocenters. The molecule has 4 heteroatoms. The minimum absolute atomic E-state index is 0.109. The number of ether oxygens (including phenoxy) is 1. The van der Waals surface area contributed by atoms with E-state index in [9.17, 15) is 4.79 Å². The number of hydrogen-bond acceptors (Lipinski definition) is 3. The van der Waals surface area contributed by atoms with Crippen LogP contribution < -0.4 is 0 Å². The van der Waals surface area contributed by atoms with E-state index >= 15 is 0 Å². The summed E-state index contributed by atoms with van der Waals surface area (Å²) in [5.41, 5.74) is 0. The van der Waals surface area contributed by atoms with Crippen molar-refractivity contribution >= 4 is 5.91 Å². The van der Waals surface area contributed by atoms with Gasteiger partial charge in [0.2, 0.25) is 5.91 Å². The van der Waals surface area contributed by atoms with Crippen molar-refractivity contribution in [2.45, 2.75) is 38.2 Å². The van der Waals surface area contributed by atoms with Crippen LogP contribution >= 0.6 is 0 Å². The molecule has 0 spiro atoms. The number of nitrogens with zero attached hydrogens (tertiary/aromatic N) is 1. The summed E-state index contributed by atoms with van der Waals surface area (Å²) in [6.45, 7) is 2.30. The van der Waals surface area contributed by atoms with Gasteiger partial charge in [-0.2, -0.15) is 0 Å². The highest BCUT2D eigenvalue weighted by atomic mass is 16.7. The first-order valence-electron chi connectivity index (χ1n) is 5.41. The molecule has 0 radical (unpaired) electrons. The second-order valence-electron chi connectivity index (χ2n) is 3.86. The molecule has 0 aromatic carbocycles. The maximum absolute atomic E-state index is 11.5. The van der Waals surface area contributed by atoms with Gasteiger partial charge < -0.3 is 4.74 Å². The third-order valence-corrected chi connectivity index (χ3v) is 2.74. The molecule has 0 bridgehead atoms. The van der Waals surface area contributed by atoms with Gasteiger partial charge in [0.15, 0.2) is 0 Å². The van der Waals surface area contributed by atoms with E-state index < -0.39 is 0 Å². The van der Waals surface area contributed by atoms with Crippen molar-refractivity contribution in [1.82, 2.24) is 5.06 Å². The maximum atomic E-state index is 11.5. The number of hydrogen-bond donors (Lipinski definition) is 0. The monoisotopic (exact) mass is 199 g/mol. The molecule has 14 heavy (non-hydrogen) atoms. The smallest absolute Gasteiger partial charge is 0.246 e. The summed E-state index contributed by atoms with van der Waals surface area (Å²) in [7, 11) is 0. The van der Waals surface area contributed by atoms with Crippen LogP contribution in [0.2, 0.25) is 0 Å². The first kappa shape index (κ1) is 9.93. The van der Waals surface area contributed by atoms with Gasteiger partial charge in [0.05, 0.1) is 19.3 Å². The van der Waals surface area contributed by atoms with Crippen molar-refractivity contribution in [2.24, 2.45) is 0 Å². The lowest BCUT2D eigenvalue weighted by Crippen LogP contribution is -2.27. The Labute approximate surface area is 84.1 Å². The Kier molecular flexibility index (Phi) is 3.37. The average molecular weight is 199 g/mol.